The van der Waals surface area contributed by atoms with E-state index in [-0.39, 0.29) is 17.9 Å². The van der Waals surface area contributed by atoms with Crippen LogP contribution in [0, 0.1) is 12.7 Å². The van der Waals surface area contributed by atoms with Crippen molar-refractivity contribution in [3.63, 3.8) is 0 Å². The molecule has 176 valence electrons. The Labute approximate surface area is 190 Å². The lowest BCUT2D eigenvalue weighted by atomic mass is 10.1. The largest absolute Gasteiger partial charge is 0.486 e. The normalized spacial score (nSPS) is 11.5. The van der Waals surface area contributed by atoms with Gasteiger partial charge in [0.2, 0.25) is 5.88 Å². The minimum Gasteiger partial charge on any atom is -0.486 e. The van der Waals surface area contributed by atoms with Crippen molar-refractivity contribution in [3.05, 3.63) is 76.7 Å². The fourth-order valence-electron chi connectivity index (χ4n) is 3.29. The van der Waals surface area contributed by atoms with Crippen molar-refractivity contribution >= 4 is 22.6 Å². The zero-order valence-corrected chi connectivity index (χ0v) is 18.0. The van der Waals surface area contributed by atoms with Crippen LogP contribution in [0.2, 0.25) is 0 Å². The van der Waals surface area contributed by atoms with Gasteiger partial charge in [-0.15, -0.1) is 5.10 Å². The van der Waals surface area contributed by atoms with E-state index in [0.29, 0.717) is 33.7 Å². The van der Waals surface area contributed by atoms with Gasteiger partial charge in [-0.3, -0.25) is 9.89 Å². The third-order valence-electron chi connectivity index (χ3n) is 5.05. The van der Waals surface area contributed by atoms with Gasteiger partial charge in [0.1, 0.15) is 6.61 Å². The van der Waals surface area contributed by atoms with Gasteiger partial charge in [-0.2, -0.15) is 13.2 Å². The highest BCUT2D eigenvalue weighted by Crippen LogP contribution is 2.30. The summed E-state index contributed by atoms with van der Waals surface area (Å²) in [4.78, 5) is 17.0. The highest BCUT2D eigenvalue weighted by atomic mass is 19.4. The first-order valence-electron chi connectivity index (χ1n) is 9.95. The predicted octanol–water partition coefficient (Wildman–Crippen LogP) is 5.26. The molecule has 2 N–H and O–H groups in total. The molecule has 0 unspecified atom stereocenters. The number of nitrogens with zero attached hydrogens (tertiary/aromatic N) is 2. The number of aromatic nitrogens is 3. The van der Waals surface area contributed by atoms with Crippen molar-refractivity contribution in [1.29, 1.82) is 0 Å². The van der Waals surface area contributed by atoms with Crippen LogP contribution >= 0.6 is 0 Å². The number of carbonyl (C=O) groups excluding carboxylic acids is 1. The Balaban J connectivity index is 1.52. The molecule has 4 aromatic rings. The van der Waals surface area contributed by atoms with E-state index in [1.54, 1.807) is 13.0 Å². The zero-order chi connectivity index (χ0) is 24.5. The number of halogens is 4. The van der Waals surface area contributed by atoms with Gasteiger partial charge in [0.05, 0.1) is 35.5 Å². The molecule has 0 saturated carbocycles. The number of carbonyl (C=O) groups is 1. The number of amides is 1. The number of ether oxygens (including phenoxy) is 2. The number of H-pyrrole nitrogens is 1. The Morgan fingerprint density at radius 2 is 1.88 bits per heavy atom. The molecule has 7 nitrogen and oxygen atoms in total. The molecular weight excluding hydrogens is 456 g/mol. The second-order valence-electron chi connectivity index (χ2n) is 7.36. The molecule has 2 heterocycles. The first-order chi connectivity index (χ1) is 16.2. The fraction of sp³-hybridized carbons (Fsp3) is 0.174. The van der Waals surface area contributed by atoms with Crippen LogP contribution in [0.3, 0.4) is 0 Å². The molecule has 0 spiro atoms. The smallest absolute Gasteiger partial charge is 0.416 e. The number of anilines is 1. The quantitative estimate of drug-likeness (QED) is 0.372. The Kier molecular flexibility index (Phi) is 6.10. The van der Waals surface area contributed by atoms with Gasteiger partial charge in [-0.1, -0.05) is 18.2 Å². The summed E-state index contributed by atoms with van der Waals surface area (Å²) >= 11 is 0. The van der Waals surface area contributed by atoms with Crippen molar-refractivity contribution in [2.75, 3.05) is 12.4 Å². The maximum Gasteiger partial charge on any atom is 0.416 e. The summed E-state index contributed by atoms with van der Waals surface area (Å²) < 4.78 is 63.8. The summed E-state index contributed by atoms with van der Waals surface area (Å²) in [5.74, 6) is -1.53. The maximum absolute atomic E-state index is 15.1. The summed E-state index contributed by atoms with van der Waals surface area (Å²) in [5, 5.41) is 9.75. The molecule has 4 rings (SSSR count). The molecule has 34 heavy (non-hydrogen) atoms. The number of aryl methyl sites for hydroxylation is 1. The second kappa shape index (κ2) is 9.00. The third kappa shape index (κ3) is 4.63. The van der Waals surface area contributed by atoms with Crippen LogP contribution in [-0.4, -0.2) is 28.2 Å². The number of pyridine rings is 1. The number of hydrogen-bond acceptors (Lipinski definition) is 5. The van der Waals surface area contributed by atoms with E-state index in [1.165, 1.54) is 37.6 Å². The summed E-state index contributed by atoms with van der Waals surface area (Å²) in [6, 6.07) is 8.79. The van der Waals surface area contributed by atoms with Crippen LogP contribution in [0.15, 0.2) is 48.7 Å². The number of nitrogens with one attached hydrogen (secondary N) is 2. The minimum atomic E-state index is -4.45. The van der Waals surface area contributed by atoms with E-state index >= 15 is 4.39 Å². The highest BCUT2D eigenvalue weighted by Gasteiger charge is 2.30. The van der Waals surface area contributed by atoms with Crippen molar-refractivity contribution < 1.29 is 31.8 Å². The Morgan fingerprint density at radius 3 is 2.56 bits per heavy atom. The molecule has 0 atom stereocenters. The zero-order valence-electron chi connectivity index (χ0n) is 18.0. The SMILES string of the molecule is COc1n[nH]c2ncc(NC(=O)c3c(C)ccc(OCc4ccc(C(F)(F)F)cc4)c3F)cc12. The van der Waals surface area contributed by atoms with Crippen LogP contribution in [0.5, 0.6) is 11.6 Å². The average molecular weight is 474 g/mol. The minimum absolute atomic E-state index is 0.181. The summed E-state index contributed by atoms with van der Waals surface area (Å²) in [7, 11) is 1.44. The van der Waals surface area contributed by atoms with Gasteiger partial charge in [0, 0.05) is 0 Å². The van der Waals surface area contributed by atoms with Gasteiger partial charge in [-0.05, 0) is 42.3 Å². The molecule has 2 aromatic carbocycles. The van der Waals surface area contributed by atoms with E-state index in [2.05, 4.69) is 20.5 Å². The number of aromatic amines is 1. The summed E-state index contributed by atoms with van der Waals surface area (Å²) in [5.41, 5.74) is 0.504. The molecule has 11 heteroatoms. The van der Waals surface area contributed by atoms with Crippen LogP contribution in [0.1, 0.15) is 27.0 Å². The molecule has 0 saturated heterocycles. The lowest BCUT2D eigenvalue weighted by molar-refractivity contribution is -0.137. The van der Waals surface area contributed by atoms with Crippen LogP contribution in [0.4, 0.5) is 23.2 Å². The molecule has 0 aliphatic heterocycles. The van der Waals surface area contributed by atoms with E-state index in [0.717, 1.165) is 12.1 Å². The fourth-order valence-corrected chi connectivity index (χ4v) is 3.29. The number of methoxy groups -OCH3 is 1. The Morgan fingerprint density at radius 1 is 1.15 bits per heavy atom. The van der Waals surface area contributed by atoms with Crippen molar-refractivity contribution in [2.24, 2.45) is 0 Å². The first kappa shape index (κ1) is 23.0. The number of alkyl halides is 3. The van der Waals surface area contributed by atoms with Gasteiger partial charge >= 0.3 is 6.18 Å². The Hall–Kier alpha value is -4.15. The lowest BCUT2D eigenvalue weighted by Crippen LogP contribution is -2.16. The van der Waals surface area contributed by atoms with Crippen molar-refractivity contribution in [3.8, 4) is 11.6 Å². The average Bonchev–Trinajstić information content (AvgIpc) is 3.20. The molecule has 0 fully saturated rings. The van der Waals surface area contributed by atoms with E-state index in [4.69, 9.17) is 9.47 Å². The second-order valence-corrected chi connectivity index (χ2v) is 7.36. The molecule has 0 aliphatic rings. The van der Waals surface area contributed by atoms with E-state index in [1.807, 2.05) is 0 Å². The van der Waals surface area contributed by atoms with Gasteiger partial charge < -0.3 is 14.8 Å². The topological polar surface area (TPSA) is 89.1 Å². The molecular formula is C23H18F4N4O3. The van der Waals surface area contributed by atoms with Crippen molar-refractivity contribution in [1.82, 2.24) is 15.2 Å². The van der Waals surface area contributed by atoms with Crippen LogP contribution in [-0.2, 0) is 12.8 Å². The van der Waals surface area contributed by atoms with Gasteiger partial charge in [0.15, 0.2) is 17.2 Å². The van der Waals surface area contributed by atoms with E-state index in [9.17, 15) is 18.0 Å². The highest BCUT2D eigenvalue weighted by molar-refractivity contribution is 6.06. The summed E-state index contributed by atoms with van der Waals surface area (Å²) in [6.07, 6.45) is -3.07. The van der Waals surface area contributed by atoms with Crippen molar-refractivity contribution in [2.45, 2.75) is 19.7 Å². The number of benzene rings is 2. The molecule has 0 aliphatic carbocycles. The monoisotopic (exact) mass is 474 g/mol. The molecule has 0 bridgehead atoms. The molecule has 0 radical (unpaired) electrons. The van der Waals surface area contributed by atoms with Crippen LogP contribution in [0.25, 0.3) is 11.0 Å². The van der Waals surface area contributed by atoms with E-state index < -0.39 is 23.5 Å². The molecule has 2 aromatic heterocycles. The standard InChI is InChI=1S/C23H18F4N4O3/c1-12-3-8-17(34-11-13-4-6-14(7-5-13)23(25,26)27)19(24)18(12)21(32)29-15-9-16-20(28-10-15)30-31-22(16)33-2/h3-10H,11H2,1-2H3,(H,29,32)(H,28,30,31). The Bertz CT molecular complexity index is 1350. The maximum atomic E-state index is 15.1. The predicted molar refractivity (Wildman–Crippen MR) is 115 cm³/mol. The van der Waals surface area contributed by atoms with Crippen LogP contribution < -0.4 is 14.8 Å². The summed E-state index contributed by atoms with van der Waals surface area (Å²) in [6.45, 7) is 1.39. The number of hydrogen-bond donors (Lipinski definition) is 2. The number of fused-ring (bicyclic) bond motifs is 1. The third-order valence-corrected chi connectivity index (χ3v) is 5.05. The lowest BCUT2D eigenvalue weighted by Gasteiger charge is -2.13. The molecule has 1 amide bonds. The van der Waals surface area contributed by atoms with Gasteiger partial charge in [-0.25, -0.2) is 9.37 Å². The number of rotatable bonds is 6. The van der Waals surface area contributed by atoms with Gasteiger partial charge in [0.25, 0.3) is 5.91 Å². The first-order valence-corrected chi connectivity index (χ1v) is 9.95.